The Bertz CT molecular complexity index is 163. The van der Waals surface area contributed by atoms with Crippen LogP contribution in [0.2, 0.25) is 0 Å². The van der Waals surface area contributed by atoms with E-state index < -0.39 is 0 Å². The Morgan fingerprint density at radius 1 is 1.06 bits per heavy atom. The summed E-state index contributed by atoms with van der Waals surface area (Å²) < 4.78 is 0. The van der Waals surface area contributed by atoms with Gasteiger partial charge in [0.05, 0.1) is 0 Å². The molecule has 0 aromatic rings. The first kappa shape index (κ1) is 16.0. The van der Waals surface area contributed by atoms with Crippen molar-refractivity contribution in [2.45, 2.75) is 79.7 Å². The molecule has 1 heteroatoms. The summed E-state index contributed by atoms with van der Waals surface area (Å²) in [5.41, 5.74) is 0.428. The van der Waals surface area contributed by atoms with Gasteiger partial charge in [-0.1, -0.05) is 54.4 Å². The Balaban J connectivity index is 4.30. The third-order valence-electron chi connectivity index (χ3n) is 3.91. The molecule has 0 heterocycles. The van der Waals surface area contributed by atoms with Crippen LogP contribution in [0.1, 0.15) is 73.6 Å². The normalized spacial score (nSPS) is 16.1. The maximum Gasteiger partial charge on any atom is 0.0121 e. The van der Waals surface area contributed by atoms with Gasteiger partial charge in [0.25, 0.3) is 0 Å². The highest BCUT2D eigenvalue weighted by molar-refractivity contribution is 4.84. The van der Waals surface area contributed by atoms with Crippen LogP contribution < -0.4 is 5.32 Å². The van der Waals surface area contributed by atoms with Crippen LogP contribution in [0.15, 0.2) is 0 Å². The van der Waals surface area contributed by atoms with Crippen LogP contribution in [0.3, 0.4) is 0 Å². The first-order valence-electron chi connectivity index (χ1n) is 7.21. The lowest BCUT2D eigenvalue weighted by atomic mass is 9.77. The SMILES string of the molecule is CCCNC(CC(C)CCC)C(C)(C)CC. The van der Waals surface area contributed by atoms with Crippen molar-refractivity contribution in [3.8, 4) is 0 Å². The molecule has 0 bridgehead atoms. The van der Waals surface area contributed by atoms with Crippen molar-refractivity contribution in [1.29, 1.82) is 0 Å². The maximum atomic E-state index is 3.75. The van der Waals surface area contributed by atoms with Gasteiger partial charge in [0.2, 0.25) is 0 Å². The van der Waals surface area contributed by atoms with E-state index in [2.05, 4.69) is 46.9 Å². The molecule has 0 radical (unpaired) electrons. The van der Waals surface area contributed by atoms with E-state index >= 15 is 0 Å². The third kappa shape index (κ3) is 5.89. The van der Waals surface area contributed by atoms with E-state index in [-0.39, 0.29) is 0 Å². The van der Waals surface area contributed by atoms with Crippen LogP contribution in [0.25, 0.3) is 0 Å². The second-order valence-corrected chi connectivity index (χ2v) is 5.98. The zero-order valence-electron chi connectivity index (χ0n) is 12.4. The highest BCUT2D eigenvalue weighted by atomic mass is 14.9. The number of rotatable bonds is 9. The molecule has 0 aliphatic carbocycles. The Kier molecular flexibility index (Phi) is 8.09. The first-order valence-corrected chi connectivity index (χ1v) is 7.21. The molecule has 0 fully saturated rings. The monoisotopic (exact) mass is 227 g/mol. The zero-order chi connectivity index (χ0) is 12.6. The van der Waals surface area contributed by atoms with E-state index in [0.717, 1.165) is 12.5 Å². The van der Waals surface area contributed by atoms with E-state index in [1.165, 1.54) is 32.1 Å². The fraction of sp³-hybridized carbons (Fsp3) is 1.00. The molecular weight excluding hydrogens is 194 g/mol. The Morgan fingerprint density at radius 3 is 2.12 bits per heavy atom. The first-order chi connectivity index (χ1) is 7.47. The molecule has 1 N–H and O–H groups in total. The fourth-order valence-electron chi connectivity index (χ4n) is 2.26. The van der Waals surface area contributed by atoms with Gasteiger partial charge in [-0.15, -0.1) is 0 Å². The summed E-state index contributed by atoms with van der Waals surface area (Å²) in [5.74, 6) is 0.852. The second-order valence-electron chi connectivity index (χ2n) is 5.98. The van der Waals surface area contributed by atoms with E-state index in [9.17, 15) is 0 Å². The number of hydrogen-bond donors (Lipinski definition) is 1. The largest absolute Gasteiger partial charge is 0.313 e. The predicted octanol–water partition coefficient (Wildman–Crippen LogP) is 4.62. The van der Waals surface area contributed by atoms with Gasteiger partial charge in [-0.25, -0.2) is 0 Å². The van der Waals surface area contributed by atoms with Gasteiger partial charge in [-0.05, 0) is 37.1 Å². The minimum atomic E-state index is 0.428. The fourth-order valence-corrected chi connectivity index (χ4v) is 2.26. The zero-order valence-corrected chi connectivity index (χ0v) is 12.4. The summed E-state index contributed by atoms with van der Waals surface area (Å²) in [7, 11) is 0. The average Bonchev–Trinajstić information content (AvgIpc) is 2.24. The van der Waals surface area contributed by atoms with Gasteiger partial charge in [0.15, 0.2) is 0 Å². The summed E-state index contributed by atoms with van der Waals surface area (Å²) in [5, 5.41) is 3.75. The van der Waals surface area contributed by atoms with Crippen LogP contribution in [0.4, 0.5) is 0 Å². The standard InChI is InChI=1S/C15H33N/c1-7-10-13(4)12-14(16-11-8-2)15(5,6)9-3/h13-14,16H,7-12H2,1-6H3. The summed E-state index contributed by atoms with van der Waals surface area (Å²) in [6.45, 7) is 15.2. The summed E-state index contributed by atoms with van der Waals surface area (Å²) in [4.78, 5) is 0. The van der Waals surface area contributed by atoms with Gasteiger partial charge in [-0.2, -0.15) is 0 Å². The predicted molar refractivity (Wildman–Crippen MR) is 74.8 cm³/mol. The maximum absolute atomic E-state index is 3.75. The van der Waals surface area contributed by atoms with Gasteiger partial charge in [0, 0.05) is 6.04 Å². The van der Waals surface area contributed by atoms with Crippen molar-refractivity contribution in [2.75, 3.05) is 6.54 Å². The van der Waals surface area contributed by atoms with Gasteiger partial charge in [-0.3, -0.25) is 0 Å². The van der Waals surface area contributed by atoms with Crippen LogP contribution in [-0.2, 0) is 0 Å². The molecule has 2 atom stereocenters. The van der Waals surface area contributed by atoms with Crippen molar-refractivity contribution in [1.82, 2.24) is 5.32 Å². The average molecular weight is 227 g/mol. The van der Waals surface area contributed by atoms with E-state index in [4.69, 9.17) is 0 Å². The quantitative estimate of drug-likeness (QED) is 0.606. The molecule has 1 nitrogen and oxygen atoms in total. The smallest absolute Gasteiger partial charge is 0.0121 e. The third-order valence-corrected chi connectivity index (χ3v) is 3.91. The molecule has 2 unspecified atom stereocenters. The van der Waals surface area contributed by atoms with Crippen LogP contribution in [-0.4, -0.2) is 12.6 Å². The van der Waals surface area contributed by atoms with E-state index in [1.807, 2.05) is 0 Å². The van der Waals surface area contributed by atoms with E-state index in [0.29, 0.717) is 11.5 Å². The lowest BCUT2D eigenvalue weighted by molar-refractivity contribution is 0.197. The van der Waals surface area contributed by atoms with Crippen LogP contribution in [0.5, 0.6) is 0 Å². The van der Waals surface area contributed by atoms with E-state index in [1.54, 1.807) is 0 Å². The molecule has 0 aromatic carbocycles. The molecule has 0 amide bonds. The highest BCUT2D eigenvalue weighted by Gasteiger charge is 2.28. The minimum Gasteiger partial charge on any atom is -0.313 e. The minimum absolute atomic E-state index is 0.428. The van der Waals surface area contributed by atoms with Crippen molar-refractivity contribution >= 4 is 0 Å². The summed E-state index contributed by atoms with van der Waals surface area (Å²) in [6.07, 6.45) is 6.50. The van der Waals surface area contributed by atoms with Crippen molar-refractivity contribution in [3.05, 3.63) is 0 Å². The molecule has 16 heavy (non-hydrogen) atoms. The van der Waals surface area contributed by atoms with Crippen molar-refractivity contribution in [2.24, 2.45) is 11.3 Å². The molecule has 0 aliphatic heterocycles. The molecule has 0 aromatic heterocycles. The molecular formula is C15H33N. The topological polar surface area (TPSA) is 12.0 Å². The van der Waals surface area contributed by atoms with Gasteiger partial charge in [0.1, 0.15) is 0 Å². The molecule has 98 valence electrons. The molecule has 0 spiro atoms. The van der Waals surface area contributed by atoms with Crippen molar-refractivity contribution < 1.29 is 0 Å². The number of hydrogen-bond acceptors (Lipinski definition) is 1. The van der Waals surface area contributed by atoms with Crippen molar-refractivity contribution in [3.63, 3.8) is 0 Å². The molecule has 0 saturated carbocycles. The highest BCUT2D eigenvalue weighted by Crippen LogP contribution is 2.30. The lowest BCUT2D eigenvalue weighted by Crippen LogP contribution is -2.43. The van der Waals surface area contributed by atoms with Crippen LogP contribution >= 0.6 is 0 Å². The van der Waals surface area contributed by atoms with Gasteiger partial charge < -0.3 is 5.32 Å². The molecule has 0 saturated heterocycles. The molecule has 0 rings (SSSR count). The Hall–Kier alpha value is -0.0400. The second kappa shape index (κ2) is 8.11. The van der Waals surface area contributed by atoms with Gasteiger partial charge >= 0.3 is 0 Å². The lowest BCUT2D eigenvalue weighted by Gasteiger charge is -2.36. The summed E-state index contributed by atoms with van der Waals surface area (Å²) >= 11 is 0. The summed E-state index contributed by atoms with van der Waals surface area (Å²) in [6, 6.07) is 0.680. The Morgan fingerprint density at radius 2 is 1.69 bits per heavy atom. The van der Waals surface area contributed by atoms with Crippen LogP contribution in [0, 0.1) is 11.3 Å². The number of nitrogens with one attached hydrogen (secondary N) is 1. The molecule has 0 aliphatic rings. The Labute approximate surface area is 103 Å².